The van der Waals surface area contributed by atoms with E-state index in [0.29, 0.717) is 6.42 Å². The van der Waals surface area contributed by atoms with Crippen molar-refractivity contribution in [3.8, 4) is 0 Å². The third-order valence-electron chi connectivity index (χ3n) is 1.72. The lowest BCUT2D eigenvalue weighted by Gasteiger charge is -2.33. The molecule has 0 aromatic rings. The molecule has 0 amide bonds. The maximum Gasteiger partial charge on any atom is 0.218 e. The molecule has 0 radical (unpaired) electrons. The van der Waals surface area contributed by atoms with Crippen molar-refractivity contribution < 1.29 is 4.74 Å². The maximum absolute atomic E-state index is 5.65. The highest BCUT2D eigenvalue weighted by Gasteiger charge is 2.43. The maximum atomic E-state index is 5.65. The molecule has 0 rings (SSSR count). The van der Waals surface area contributed by atoms with Crippen LogP contribution in [0, 0.1) is 0 Å². The summed E-state index contributed by atoms with van der Waals surface area (Å²) in [6.45, 7) is 3.67. The molecule has 0 aliphatic carbocycles. The summed E-state index contributed by atoms with van der Waals surface area (Å²) < 4.78 is 3.70. The molecule has 0 aliphatic rings. The van der Waals surface area contributed by atoms with Gasteiger partial charge in [0.05, 0.1) is 0 Å². The second kappa shape index (κ2) is 3.48. The largest absolute Gasteiger partial charge is 0.374 e. The standard InChI is InChI=1S/C6H11Cl3O/c1-4-5(2,10-3)6(7,8)9/h4H2,1-3H3. The van der Waals surface area contributed by atoms with Gasteiger partial charge in [-0.25, -0.2) is 0 Å². The highest BCUT2D eigenvalue weighted by molar-refractivity contribution is 6.68. The number of methoxy groups -OCH3 is 1. The molecular formula is C6H11Cl3O. The number of halogens is 3. The van der Waals surface area contributed by atoms with Crippen LogP contribution < -0.4 is 0 Å². The lowest BCUT2D eigenvalue weighted by molar-refractivity contribution is 0.00621. The van der Waals surface area contributed by atoms with Crippen molar-refractivity contribution in [2.75, 3.05) is 7.11 Å². The summed E-state index contributed by atoms with van der Waals surface area (Å²) in [6, 6.07) is 0. The van der Waals surface area contributed by atoms with Crippen LogP contribution in [0.15, 0.2) is 0 Å². The number of ether oxygens (including phenoxy) is 1. The van der Waals surface area contributed by atoms with Gasteiger partial charge < -0.3 is 4.74 Å². The van der Waals surface area contributed by atoms with Crippen LogP contribution in [0.4, 0.5) is 0 Å². The smallest absolute Gasteiger partial charge is 0.218 e. The van der Waals surface area contributed by atoms with Crippen LogP contribution >= 0.6 is 34.8 Å². The molecule has 4 heteroatoms. The molecule has 1 unspecified atom stereocenters. The fourth-order valence-electron chi connectivity index (χ4n) is 0.461. The Bertz CT molecular complexity index is 104. The van der Waals surface area contributed by atoms with Crippen molar-refractivity contribution >= 4 is 34.8 Å². The first-order chi connectivity index (χ1) is 4.37. The molecule has 0 N–H and O–H groups in total. The minimum Gasteiger partial charge on any atom is -0.374 e. The van der Waals surface area contributed by atoms with Crippen LogP contribution in [0.3, 0.4) is 0 Å². The molecule has 0 fully saturated rings. The Labute approximate surface area is 76.6 Å². The van der Waals surface area contributed by atoms with E-state index in [1.54, 1.807) is 6.92 Å². The summed E-state index contributed by atoms with van der Waals surface area (Å²) in [5.41, 5.74) is -0.683. The van der Waals surface area contributed by atoms with E-state index in [1.165, 1.54) is 7.11 Å². The van der Waals surface area contributed by atoms with Gasteiger partial charge >= 0.3 is 0 Å². The Morgan fingerprint density at radius 1 is 1.30 bits per heavy atom. The summed E-state index contributed by atoms with van der Waals surface area (Å²) in [6.07, 6.45) is 0.667. The van der Waals surface area contributed by atoms with E-state index in [9.17, 15) is 0 Å². The van der Waals surface area contributed by atoms with Gasteiger partial charge in [-0.3, -0.25) is 0 Å². The zero-order valence-corrected chi connectivity index (χ0v) is 8.52. The molecule has 0 bridgehead atoms. The lowest BCUT2D eigenvalue weighted by atomic mass is 10.1. The fourth-order valence-corrected chi connectivity index (χ4v) is 1.09. The van der Waals surface area contributed by atoms with Gasteiger partial charge in [-0.1, -0.05) is 41.7 Å². The molecule has 0 aliphatic heterocycles. The topological polar surface area (TPSA) is 9.23 Å². The van der Waals surface area contributed by atoms with Crippen LogP contribution in [0.25, 0.3) is 0 Å². The van der Waals surface area contributed by atoms with Crippen LogP contribution in [0.2, 0.25) is 0 Å². The quantitative estimate of drug-likeness (QED) is 0.629. The first-order valence-electron chi connectivity index (χ1n) is 2.99. The molecule has 0 aromatic carbocycles. The molecule has 62 valence electrons. The van der Waals surface area contributed by atoms with Crippen molar-refractivity contribution in [2.24, 2.45) is 0 Å². The zero-order valence-electron chi connectivity index (χ0n) is 6.25. The van der Waals surface area contributed by atoms with Crippen molar-refractivity contribution in [3.63, 3.8) is 0 Å². The first kappa shape index (κ1) is 10.8. The van der Waals surface area contributed by atoms with Crippen LogP contribution in [-0.4, -0.2) is 16.5 Å². The van der Waals surface area contributed by atoms with Crippen molar-refractivity contribution in [1.82, 2.24) is 0 Å². The number of alkyl halides is 3. The predicted molar refractivity (Wildman–Crippen MR) is 46.0 cm³/mol. The summed E-state index contributed by atoms with van der Waals surface area (Å²) in [5.74, 6) is 0. The van der Waals surface area contributed by atoms with Crippen LogP contribution in [0.5, 0.6) is 0 Å². The minimum atomic E-state index is -1.35. The van der Waals surface area contributed by atoms with E-state index in [1.807, 2.05) is 6.92 Å². The lowest BCUT2D eigenvalue weighted by Crippen LogP contribution is -2.40. The Morgan fingerprint density at radius 3 is 1.70 bits per heavy atom. The minimum absolute atomic E-state index is 0.667. The molecule has 10 heavy (non-hydrogen) atoms. The van der Waals surface area contributed by atoms with Crippen LogP contribution in [-0.2, 0) is 4.74 Å². The zero-order chi connectivity index (χ0) is 8.41. The second-order valence-corrected chi connectivity index (χ2v) is 4.57. The summed E-state index contributed by atoms with van der Waals surface area (Å²) in [4.78, 5) is 0. The van der Waals surface area contributed by atoms with E-state index < -0.39 is 9.39 Å². The summed E-state index contributed by atoms with van der Waals surface area (Å²) in [5, 5.41) is 0. The third kappa shape index (κ3) is 2.16. The highest BCUT2D eigenvalue weighted by Crippen LogP contribution is 2.41. The van der Waals surface area contributed by atoms with E-state index >= 15 is 0 Å². The average molecular weight is 206 g/mol. The predicted octanol–water partition coefficient (Wildman–Crippen LogP) is 3.17. The van der Waals surface area contributed by atoms with E-state index in [4.69, 9.17) is 39.5 Å². The molecule has 1 nitrogen and oxygen atoms in total. The van der Waals surface area contributed by atoms with E-state index in [-0.39, 0.29) is 0 Å². The Hall–Kier alpha value is 0.830. The first-order valence-corrected chi connectivity index (χ1v) is 4.12. The summed E-state index contributed by atoms with van der Waals surface area (Å²) >= 11 is 16.9. The van der Waals surface area contributed by atoms with Gasteiger partial charge in [-0.2, -0.15) is 0 Å². The van der Waals surface area contributed by atoms with Gasteiger partial charge in [0.2, 0.25) is 3.79 Å². The van der Waals surface area contributed by atoms with Crippen LogP contribution in [0.1, 0.15) is 20.3 Å². The SMILES string of the molecule is CCC(C)(OC)C(Cl)(Cl)Cl. The van der Waals surface area contributed by atoms with Gasteiger partial charge in [0.25, 0.3) is 0 Å². The Morgan fingerprint density at radius 2 is 1.70 bits per heavy atom. The van der Waals surface area contributed by atoms with Gasteiger partial charge in [-0.05, 0) is 13.3 Å². The van der Waals surface area contributed by atoms with Gasteiger partial charge in [-0.15, -0.1) is 0 Å². The van der Waals surface area contributed by atoms with Gasteiger partial charge in [0.1, 0.15) is 5.60 Å². The molecule has 1 atom stereocenters. The molecule has 0 saturated carbocycles. The molecule has 0 heterocycles. The average Bonchev–Trinajstić information content (AvgIpc) is 1.84. The van der Waals surface area contributed by atoms with Gasteiger partial charge in [0.15, 0.2) is 0 Å². The normalized spacial score (nSPS) is 18.6. The number of rotatable bonds is 2. The summed E-state index contributed by atoms with van der Waals surface area (Å²) in [7, 11) is 1.53. The molecular weight excluding hydrogens is 194 g/mol. The Kier molecular flexibility index (Phi) is 3.77. The van der Waals surface area contributed by atoms with Crippen molar-refractivity contribution in [3.05, 3.63) is 0 Å². The third-order valence-corrected chi connectivity index (χ3v) is 2.92. The molecule has 0 spiro atoms. The van der Waals surface area contributed by atoms with Gasteiger partial charge in [0, 0.05) is 7.11 Å². The number of hydrogen-bond donors (Lipinski definition) is 0. The highest BCUT2D eigenvalue weighted by atomic mass is 35.6. The second-order valence-electron chi connectivity index (χ2n) is 2.29. The fraction of sp³-hybridized carbons (Fsp3) is 1.00. The van der Waals surface area contributed by atoms with Crippen molar-refractivity contribution in [2.45, 2.75) is 29.7 Å². The van der Waals surface area contributed by atoms with E-state index in [2.05, 4.69) is 0 Å². The Balaban J connectivity index is 4.33. The molecule has 0 aromatic heterocycles. The monoisotopic (exact) mass is 204 g/mol. The number of hydrogen-bond acceptors (Lipinski definition) is 1. The van der Waals surface area contributed by atoms with Crippen molar-refractivity contribution in [1.29, 1.82) is 0 Å². The van der Waals surface area contributed by atoms with E-state index in [0.717, 1.165) is 0 Å². The molecule has 0 saturated heterocycles.